The fourth-order valence-electron chi connectivity index (χ4n) is 2.24. The van der Waals surface area contributed by atoms with Crippen LogP contribution in [0.25, 0.3) is 0 Å². The molecule has 0 amide bonds. The molecule has 1 nitrogen and oxygen atoms in total. The average Bonchev–Trinajstić information content (AvgIpc) is 2.56. The minimum absolute atomic E-state index is 0.936. The first-order valence-corrected chi connectivity index (χ1v) is 8.04. The maximum Gasteiger partial charge on any atom is 0.0314 e. The maximum atomic E-state index is 4.28. The van der Waals surface area contributed by atoms with Gasteiger partial charge >= 0.3 is 0 Å². The van der Waals surface area contributed by atoms with Gasteiger partial charge in [0.05, 0.1) is 0 Å². The third-order valence-electron chi connectivity index (χ3n) is 3.33. The number of benzene rings is 2. The lowest BCUT2D eigenvalue weighted by Crippen LogP contribution is -1.92. The topological polar surface area (TPSA) is 12.9 Å². The highest BCUT2D eigenvalue weighted by Gasteiger charge is 2.04. The van der Waals surface area contributed by atoms with Crippen LogP contribution in [0.1, 0.15) is 16.7 Å². The molecule has 0 saturated heterocycles. The predicted molar refractivity (Wildman–Crippen MR) is 89.5 cm³/mol. The van der Waals surface area contributed by atoms with E-state index in [1.165, 1.54) is 21.6 Å². The minimum atomic E-state index is 0.936. The molecule has 21 heavy (non-hydrogen) atoms. The van der Waals surface area contributed by atoms with E-state index in [2.05, 4.69) is 71.7 Å². The second kappa shape index (κ2) is 7.09. The summed E-state index contributed by atoms with van der Waals surface area (Å²) in [6.45, 7) is 0. The van der Waals surface area contributed by atoms with Gasteiger partial charge in [0.15, 0.2) is 0 Å². The Hall–Kier alpha value is -2.06. The Morgan fingerprint density at radius 2 is 1.43 bits per heavy atom. The molecule has 3 aromatic rings. The van der Waals surface area contributed by atoms with Gasteiger partial charge in [-0.2, -0.15) is 0 Å². The van der Waals surface area contributed by atoms with Crippen molar-refractivity contribution in [3.05, 3.63) is 95.8 Å². The van der Waals surface area contributed by atoms with Gasteiger partial charge in [0, 0.05) is 29.5 Å². The summed E-state index contributed by atoms with van der Waals surface area (Å²) in [5.41, 5.74) is 3.97. The van der Waals surface area contributed by atoms with E-state index in [0.717, 1.165) is 12.2 Å². The molecule has 0 fully saturated rings. The van der Waals surface area contributed by atoms with Crippen molar-refractivity contribution in [3.8, 4) is 0 Å². The summed E-state index contributed by atoms with van der Waals surface area (Å²) in [5, 5.41) is 0. The van der Waals surface area contributed by atoms with Crippen LogP contribution in [-0.4, -0.2) is 4.98 Å². The smallest absolute Gasteiger partial charge is 0.0314 e. The second-order valence-corrected chi connectivity index (χ2v) is 5.94. The van der Waals surface area contributed by atoms with Crippen molar-refractivity contribution in [2.45, 2.75) is 17.1 Å². The van der Waals surface area contributed by atoms with Crippen molar-refractivity contribution < 1.29 is 0 Å². The number of rotatable bonds is 5. The Kier molecular flexibility index (Phi) is 4.70. The average molecular weight is 291 g/mol. The van der Waals surface area contributed by atoms with Crippen LogP contribution in [0.4, 0.5) is 0 Å². The molecule has 0 aliphatic heterocycles. The molecule has 1 aromatic heterocycles. The van der Waals surface area contributed by atoms with Crippen molar-refractivity contribution in [1.82, 2.24) is 4.98 Å². The lowest BCUT2D eigenvalue weighted by Gasteiger charge is -2.09. The Labute approximate surface area is 130 Å². The summed E-state index contributed by atoms with van der Waals surface area (Å²) in [6.07, 6.45) is 4.80. The van der Waals surface area contributed by atoms with E-state index in [9.17, 15) is 0 Å². The fourth-order valence-corrected chi connectivity index (χ4v) is 3.22. The zero-order chi connectivity index (χ0) is 14.3. The molecule has 104 valence electrons. The van der Waals surface area contributed by atoms with Gasteiger partial charge in [-0.05, 0) is 22.8 Å². The molecule has 0 spiro atoms. The summed E-state index contributed by atoms with van der Waals surface area (Å²) in [7, 11) is 0. The van der Waals surface area contributed by atoms with Crippen LogP contribution < -0.4 is 0 Å². The van der Waals surface area contributed by atoms with Crippen LogP contribution in [0.5, 0.6) is 0 Å². The van der Waals surface area contributed by atoms with E-state index >= 15 is 0 Å². The van der Waals surface area contributed by atoms with Crippen LogP contribution >= 0.6 is 11.8 Å². The molecule has 0 atom stereocenters. The number of hydrogen-bond donors (Lipinski definition) is 0. The van der Waals surface area contributed by atoms with Crippen molar-refractivity contribution in [2.24, 2.45) is 0 Å². The van der Waals surface area contributed by atoms with Gasteiger partial charge in [0.1, 0.15) is 0 Å². The SMILES string of the molecule is c1ccc(CSc2ccncc2Cc2ccccc2)cc1. The van der Waals surface area contributed by atoms with Gasteiger partial charge in [-0.15, -0.1) is 11.8 Å². The van der Waals surface area contributed by atoms with Crippen LogP contribution in [-0.2, 0) is 12.2 Å². The molecule has 0 N–H and O–H groups in total. The van der Waals surface area contributed by atoms with Gasteiger partial charge in [-0.25, -0.2) is 0 Å². The van der Waals surface area contributed by atoms with E-state index in [4.69, 9.17) is 0 Å². The Balaban J connectivity index is 1.73. The largest absolute Gasteiger partial charge is 0.264 e. The van der Waals surface area contributed by atoms with Gasteiger partial charge < -0.3 is 0 Å². The molecule has 2 aromatic carbocycles. The Morgan fingerprint density at radius 1 is 0.762 bits per heavy atom. The summed E-state index contributed by atoms with van der Waals surface area (Å²) in [5.74, 6) is 0.993. The zero-order valence-corrected chi connectivity index (χ0v) is 12.6. The molecule has 0 aliphatic rings. The first-order valence-electron chi connectivity index (χ1n) is 7.05. The normalized spacial score (nSPS) is 10.5. The fraction of sp³-hybridized carbons (Fsp3) is 0.105. The highest BCUT2D eigenvalue weighted by atomic mass is 32.2. The van der Waals surface area contributed by atoms with E-state index in [1.807, 2.05) is 24.2 Å². The number of nitrogens with zero attached hydrogens (tertiary/aromatic N) is 1. The van der Waals surface area contributed by atoms with Crippen molar-refractivity contribution in [1.29, 1.82) is 0 Å². The van der Waals surface area contributed by atoms with Gasteiger partial charge in [-0.3, -0.25) is 4.98 Å². The monoisotopic (exact) mass is 291 g/mol. The molecular weight excluding hydrogens is 274 g/mol. The number of pyridine rings is 1. The first-order chi connectivity index (χ1) is 10.4. The van der Waals surface area contributed by atoms with E-state index in [1.54, 1.807) is 0 Å². The molecule has 0 saturated carbocycles. The predicted octanol–water partition coefficient (Wildman–Crippen LogP) is 4.96. The van der Waals surface area contributed by atoms with Crippen LogP contribution in [0, 0.1) is 0 Å². The second-order valence-electron chi connectivity index (χ2n) is 4.92. The van der Waals surface area contributed by atoms with E-state index < -0.39 is 0 Å². The third kappa shape index (κ3) is 3.96. The third-order valence-corrected chi connectivity index (χ3v) is 4.52. The number of hydrogen-bond acceptors (Lipinski definition) is 2. The summed E-state index contributed by atoms with van der Waals surface area (Å²) in [4.78, 5) is 5.60. The van der Waals surface area contributed by atoms with Crippen molar-refractivity contribution >= 4 is 11.8 Å². The number of aromatic nitrogens is 1. The first kappa shape index (κ1) is 13.9. The van der Waals surface area contributed by atoms with Crippen LogP contribution in [0.2, 0.25) is 0 Å². The quantitative estimate of drug-likeness (QED) is 0.616. The number of thioether (sulfide) groups is 1. The standard InChI is InChI=1S/C19H17NS/c1-3-7-16(8-4-1)13-18-14-20-12-11-19(18)21-15-17-9-5-2-6-10-17/h1-12,14H,13,15H2. The Bertz CT molecular complexity index is 680. The van der Waals surface area contributed by atoms with Gasteiger partial charge in [-0.1, -0.05) is 60.7 Å². The molecule has 3 rings (SSSR count). The summed E-state index contributed by atoms with van der Waals surface area (Å²) < 4.78 is 0. The van der Waals surface area contributed by atoms with Gasteiger partial charge in [0.25, 0.3) is 0 Å². The van der Waals surface area contributed by atoms with Crippen molar-refractivity contribution in [3.63, 3.8) is 0 Å². The maximum absolute atomic E-state index is 4.28. The van der Waals surface area contributed by atoms with E-state index in [0.29, 0.717) is 0 Å². The Morgan fingerprint density at radius 3 is 2.14 bits per heavy atom. The highest BCUT2D eigenvalue weighted by molar-refractivity contribution is 7.98. The molecule has 0 unspecified atom stereocenters. The molecular formula is C19H17NS. The molecule has 0 bridgehead atoms. The zero-order valence-electron chi connectivity index (χ0n) is 11.8. The van der Waals surface area contributed by atoms with E-state index in [-0.39, 0.29) is 0 Å². The lowest BCUT2D eigenvalue weighted by atomic mass is 10.1. The summed E-state index contributed by atoms with van der Waals surface area (Å²) >= 11 is 1.88. The van der Waals surface area contributed by atoms with Crippen LogP contribution in [0.3, 0.4) is 0 Å². The molecule has 2 heteroatoms. The minimum Gasteiger partial charge on any atom is -0.264 e. The van der Waals surface area contributed by atoms with Crippen LogP contribution in [0.15, 0.2) is 84.0 Å². The van der Waals surface area contributed by atoms with Crippen molar-refractivity contribution in [2.75, 3.05) is 0 Å². The molecule has 1 heterocycles. The highest BCUT2D eigenvalue weighted by Crippen LogP contribution is 2.27. The molecule has 0 radical (unpaired) electrons. The molecule has 0 aliphatic carbocycles. The summed E-state index contributed by atoms with van der Waals surface area (Å²) in [6, 6.07) is 23.3. The van der Waals surface area contributed by atoms with Gasteiger partial charge in [0.2, 0.25) is 0 Å². The lowest BCUT2D eigenvalue weighted by molar-refractivity contribution is 1.08.